The molecule has 0 saturated carbocycles. The third kappa shape index (κ3) is 10.3. The number of carbonyl (C=O) groups is 3. The molecule has 1 aromatic heterocycles. The Hall–Kier alpha value is -3.65. The summed E-state index contributed by atoms with van der Waals surface area (Å²) in [4.78, 5) is 38.9. The number of ether oxygens (including phenoxy) is 2. The molecular weight excluding hydrogens is 566 g/mol. The Morgan fingerprint density at radius 1 is 1.17 bits per heavy atom. The summed E-state index contributed by atoms with van der Waals surface area (Å²) >= 11 is 0. The Bertz CT molecular complexity index is 1190. The van der Waals surface area contributed by atoms with Crippen molar-refractivity contribution >= 4 is 23.5 Å². The first-order valence-electron chi connectivity index (χ1n) is 13.3. The van der Waals surface area contributed by atoms with Crippen LogP contribution in [0.4, 0.5) is 23.2 Å². The van der Waals surface area contributed by atoms with Gasteiger partial charge < -0.3 is 29.2 Å². The molecule has 42 heavy (non-hydrogen) atoms. The summed E-state index contributed by atoms with van der Waals surface area (Å²) in [7, 11) is 1.60. The normalized spacial score (nSPS) is 16.6. The lowest BCUT2D eigenvalue weighted by atomic mass is 10.1. The lowest BCUT2D eigenvalue weighted by Gasteiger charge is -2.29. The molecule has 3 rings (SSSR count). The number of carboxylic acids is 1. The highest BCUT2D eigenvalue weighted by Gasteiger charge is 2.38. The van der Waals surface area contributed by atoms with Crippen LogP contribution in [0, 0.1) is 12.8 Å². The van der Waals surface area contributed by atoms with Gasteiger partial charge in [-0.1, -0.05) is 13.8 Å². The summed E-state index contributed by atoms with van der Waals surface area (Å²) in [5.74, 6) is -0.917. The number of halogens is 4. The van der Waals surface area contributed by atoms with Gasteiger partial charge >= 0.3 is 12.1 Å². The van der Waals surface area contributed by atoms with Gasteiger partial charge in [0.25, 0.3) is 0 Å². The number of nitrogens with one attached hydrogen (secondary N) is 1. The van der Waals surface area contributed by atoms with Crippen molar-refractivity contribution in [3.05, 3.63) is 47.4 Å². The first-order chi connectivity index (χ1) is 19.8. The lowest BCUT2D eigenvalue weighted by molar-refractivity contribution is -0.192. The third-order valence-corrected chi connectivity index (χ3v) is 6.38. The number of benzene rings is 1. The summed E-state index contributed by atoms with van der Waals surface area (Å²) in [5.41, 5.74) is 1.59. The van der Waals surface area contributed by atoms with Crippen molar-refractivity contribution < 1.29 is 50.9 Å². The third-order valence-electron chi connectivity index (χ3n) is 6.38. The van der Waals surface area contributed by atoms with E-state index < -0.39 is 24.9 Å². The number of amides is 2. The van der Waals surface area contributed by atoms with Crippen LogP contribution in [0.2, 0.25) is 0 Å². The monoisotopic (exact) mass is 603 g/mol. The molecule has 1 aliphatic heterocycles. The number of hydrogen-bond donors (Lipinski definition) is 2. The van der Waals surface area contributed by atoms with Crippen LogP contribution in [-0.2, 0) is 25.5 Å². The fourth-order valence-electron chi connectivity index (χ4n) is 4.34. The Kier molecular flexibility index (Phi) is 13.3. The van der Waals surface area contributed by atoms with Crippen LogP contribution < -0.4 is 10.1 Å². The zero-order valence-electron chi connectivity index (χ0n) is 24.0. The maximum absolute atomic E-state index is 13.6. The number of anilines is 1. The van der Waals surface area contributed by atoms with Gasteiger partial charge in [-0.3, -0.25) is 14.5 Å². The average Bonchev–Trinajstić information content (AvgIpc) is 3.31. The molecule has 2 unspecified atom stereocenters. The Morgan fingerprint density at radius 2 is 1.86 bits per heavy atom. The van der Waals surface area contributed by atoms with Crippen molar-refractivity contribution in [1.82, 2.24) is 9.80 Å². The van der Waals surface area contributed by atoms with E-state index in [9.17, 15) is 27.2 Å². The van der Waals surface area contributed by atoms with Gasteiger partial charge in [0.2, 0.25) is 11.8 Å². The largest absolute Gasteiger partial charge is 0.497 e. The molecule has 10 nitrogen and oxygen atoms in total. The van der Waals surface area contributed by atoms with E-state index in [-0.39, 0.29) is 30.9 Å². The Morgan fingerprint density at radius 3 is 2.40 bits per heavy atom. The quantitative estimate of drug-likeness (QED) is 0.306. The van der Waals surface area contributed by atoms with E-state index in [0.717, 1.165) is 23.5 Å². The fourth-order valence-corrected chi connectivity index (χ4v) is 4.34. The molecule has 0 aliphatic carbocycles. The Balaban J connectivity index is 0.000000782. The summed E-state index contributed by atoms with van der Waals surface area (Å²) in [6.45, 7) is 7.18. The van der Waals surface area contributed by atoms with Gasteiger partial charge in [-0.05, 0) is 48.7 Å². The SMILES string of the molecule is CCc1ccc(C(C(=O)Nc2ccc(OC)cc2C)N2CCN(C(=O)COCCF)CC(C)C2)o1.O=C(O)C(F)(F)F. The molecule has 0 spiro atoms. The maximum Gasteiger partial charge on any atom is 0.490 e. The van der Waals surface area contributed by atoms with E-state index in [0.29, 0.717) is 37.6 Å². The van der Waals surface area contributed by atoms with E-state index in [2.05, 4.69) is 10.2 Å². The highest BCUT2D eigenvalue weighted by Crippen LogP contribution is 2.29. The van der Waals surface area contributed by atoms with E-state index in [4.69, 9.17) is 23.8 Å². The zero-order chi connectivity index (χ0) is 31.4. The van der Waals surface area contributed by atoms with Crippen molar-refractivity contribution in [1.29, 1.82) is 0 Å². The second kappa shape index (κ2) is 16.1. The number of carbonyl (C=O) groups excluding carboxylic acids is 2. The molecule has 2 heterocycles. The molecule has 1 aromatic carbocycles. The predicted octanol–water partition coefficient (Wildman–Crippen LogP) is 4.24. The number of methoxy groups -OCH3 is 1. The van der Waals surface area contributed by atoms with Crippen molar-refractivity contribution in [2.24, 2.45) is 5.92 Å². The zero-order valence-corrected chi connectivity index (χ0v) is 24.0. The maximum atomic E-state index is 13.6. The molecule has 1 aliphatic rings. The summed E-state index contributed by atoms with van der Waals surface area (Å²) in [6.07, 6.45) is -4.36. The minimum Gasteiger partial charge on any atom is -0.497 e. The van der Waals surface area contributed by atoms with Crippen molar-refractivity contribution in [3.8, 4) is 5.75 Å². The number of alkyl halides is 4. The number of nitrogens with zero attached hydrogens (tertiary/aromatic N) is 2. The van der Waals surface area contributed by atoms with Gasteiger partial charge in [0.15, 0.2) is 0 Å². The van der Waals surface area contributed by atoms with Crippen LogP contribution in [0.25, 0.3) is 0 Å². The first kappa shape index (κ1) is 34.6. The number of carboxylic acid groups (broad SMARTS) is 1. The minimum absolute atomic E-state index is 0.0907. The lowest BCUT2D eigenvalue weighted by Crippen LogP contribution is -2.41. The number of hydrogen-bond acceptors (Lipinski definition) is 7. The molecule has 2 atom stereocenters. The van der Waals surface area contributed by atoms with Gasteiger partial charge in [-0.25, -0.2) is 9.18 Å². The second-order valence-electron chi connectivity index (χ2n) is 9.71. The molecule has 234 valence electrons. The molecule has 1 fully saturated rings. The summed E-state index contributed by atoms with van der Waals surface area (Å²) < 4.78 is 60.5. The van der Waals surface area contributed by atoms with Gasteiger partial charge in [0.1, 0.15) is 36.6 Å². The topological polar surface area (TPSA) is 122 Å². The number of rotatable bonds is 10. The standard InChI is InChI=1S/C26H36FN3O5.C2HF3O2/c1-5-20-7-9-23(35-20)25(26(32)28-22-8-6-21(33-4)14-19(22)3)30-12-11-29(15-18(2)16-30)24(31)17-34-13-10-27;3-2(4,5)1(6)7/h6-9,14,18,25H,5,10-13,15-17H2,1-4H3,(H,28,32);(H,6,7). The molecule has 1 saturated heterocycles. The van der Waals surface area contributed by atoms with Crippen molar-refractivity contribution in [2.75, 3.05) is 58.5 Å². The minimum atomic E-state index is -5.08. The van der Waals surface area contributed by atoms with Crippen LogP contribution in [-0.4, -0.2) is 92.0 Å². The first-order valence-corrected chi connectivity index (χ1v) is 13.3. The smallest absolute Gasteiger partial charge is 0.490 e. The molecular formula is C28H37F4N3O7. The average molecular weight is 604 g/mol. The predicted molar refractivity (Wildman–Crippen MR) is 145 cm³/mol. The van der Waals surface area contributed by atoms with Crippen LogP contribution >= 0.6 is 0 Å². The van der Waals surface area contributed by atoms with Gasteiger partial charge in [-0.2, -0.15) is 13.2 Å². The van der Waals surface area contributed by atoms with Crippen molar-refractivity contribution in [2.45, 2.75) is 39.4 Å². The van der Waals surface area contributed by atoms with E-state index in [1.807, 2.05) is 51.1 Å². The van der Waals surface area contributed by atoms with Crippen LogP contribution in [0.15, 0.2) is 34.7 Å². The van der Waals surface area contributed by atoms with Crippen molar-refractivity contribution in [3.63, 3.8) is 0 Å². The molecule has 2 aromatic rings. The Labute approximate surface area is 241 Å². The van der Waals surface area contributed by atoms with Crippen LogP contribution in [0.5, 0.6) is 5.75 Å². The number of furan rings is 1. The van der Waals surface area contributed by atoms with E-state index in [1.165, 1.54) is 0 Å². The number of aliphatic carboxylic acids is 1. The van der Waals surface area contributed by atoms with Crippen LogP contribution in [0.1, 0.15) is 37.0 Å². The van der Waals surface area contributed by atoms with E-state index in [1.54, 1.807) is 12.0 Å². The number of aryl methyl sites for hydroxylation is 2. The van der Waals surface area contributed by atoms with Gasteiger partial charge in [0.05, 0.1) is 13.7 Å². The summed E-state index contributed by atoms with van der Waals surface area (Å²) in [6, 6.07) is 8.60. The molecule has 0 radical (unpaired) electrons. The van der Waals surface area contributed by atoms with E-state index >= 15 is 0 Å². The fraction of sp³-hybridized carbons (Fsp3) is 0.536. The van der Waals surface area contributed by atoms with Gasteiger partial charge in [0, 0.05) is 38.3 Å². The van der Waals surface area contributed by atoms with Gasteiger partial charge in [-0.15, -0.1) is 0 Å². The highest BCUT2D eigenvalue weighted by atomic mass is 19.4. The molecule has 14 heteroatoms. The molecule has 2 N–H and O–H groups in total. The highest BCUT2D eigenvalue weighted by molar-refractivity contribution is 5.96. The van der Waals surface area contributed by atoms with Crippen LogP contribution in [0.3, 0.4) is 0 Å². The molecule has 2 amide bonds. The summed E-state index contributed by atoms with van der Waals surface area (Å²) in [5, 5.41) is 10.2. The second-order valence-corrected chi connectivity index (χ2v) is 9.71. The molecule has 0 bridgehead atoms.